The fourth-order valence-electron chi connectivity index (χ4n) is 1.83. The number of benzene rings is 1. The number of rotatable bonds is 5. The number of hydrogen-bond donors (Lipinski definition) is 1. The van der Waals surface area contributed by atoms with Crippen LogP contribution < -0.4 is 5.73 Å². The summed E-state index contributed by atoms with van der Waals surface area (Å²) in [7, 11) is 1.85. The first-order valence-electron chi connectivity index (χ1n) is 6.17. The van der Waals surface area contributed by atoms with Crippen molar-refractivity contribution >= 4 is 11.6 Å². The third kappa shape index (κ3) is 3.77. The summed E-state index contributed by atoms with van der Waals surface area (Å²) in [5.74, 6) is 0.0820. The highest BCUT2D eigenvalue weighted by Gasteiger charge is 2.13. The molecule has 3 nitrogen and oxygen atoms in total. The second-order valence-electron chi connectivity index (χ2n) is 4.51. The van der Waals surface area contributed by atoms with Crippen LogP contribution in [0.3, 0.4) is 0 Å². The second kappa shape index (κ2) is 6.28. The van der Waals surface area contributed by atoms with E-state index in [0.29, 0.717) is 5.69 Å². The zero-order valence-corrected chi connectivity index (χ0v) is 11.0. The lowest BCUT2D eigenvalue weighted by molar-refractivity contribution is 0.0792. The molecule has 0 bridgehead atoms. The summed E-state index contributed by atoms with van der Waals surface area (Å²) in [6.07, 6.45) is 3.40. The van der Waals surface area contributed by atoms with E-state index in [1.54, 1.807) is 11.0 Å². The lowest BCUT2D eigenvalue weighted by Gasteiger charge is -2.18. The zero-order chi connectivity index (χ0) is 12.8. The first kappa shape index (κ1) is 13.6. The Hall–Kier alpha value is -1.51. The van der Waals surface area contributed by atoms with Crippen LogP contribution in [-0.4, -0.2) is 24.4 Å². The van der Waals surface area contributed by atoms with Crippen molar-refractivity contribution in [1.29, 1.82) is 0 Å². The third-order valence-electron chi connectivity index (χ3n) is 2.92. The molecule has 0 saturated carbocycles. The van der Waals surface area contributed by atoms with Gasteiger partial charge in [-0.3, -0.25) is 4.79 Å². The van der Waals surface area contributed by atoms with E-state index in [-0.39, 0.29) is 5.91 Å². The lowest BCUT2D eigenvalue weighted by Crippen LogP contribution is -2.28. The zero-order valence-electron chi connectivity index (χ0n) is 11.0. The van der Waals surface area contributed by atoms with Gasteiger partial charge in [0.05, 0.1) is 0 Å². The molecule has 0 aromatic heterocycles. The molecule has 1 amide bonds. The van der Waals surface area contributed by atoms with Crippen molar-refractivity contribution in [3.05, 3.63) is 29.3 Å². The van der Waals surface area contributed by atoms with Gasteiger partial charge in [0.2, 0.25) is 0 Å². The molecule has 0 spiro atoms. The molecule has 0 aliphatic heterocycles. The van der Waals surface area contributed by atoms with Crippen LogP contribution in [-0.2, 0) is 0 Å². The summed E-state index contributed by atoms with van der Waals surface area (Å²) in [6, 6.07) is 5.43. The van der Waals surface area contributed by atoms with E-state index in [4.69, 9.17) is 5.73 Å². The van der Waals surface area contributed by atoms with Gasteiger partial charge in [-0.1, -0.05) is 19.8 Å². The van der Waals surface area contributed by atoms with E-state index in [1.807, 2.05) is 26.1 Å². The van der Waals surface area contributed by atoms with E-state index in [2.05, 4.69) is 6.92 Å². The Kier molecular flexibility index (Phi) is 5.01. The number of nitrogen functional groups attached to an aromatic ring is 1. The fraction of sp³-hybridized carbons (Fsp3) is 0.500. The van der Waals surface area contributed by atoms with Crippen molar-refractivity contribution in [2.75, 3.05) is 19.3 Å². The van der Waals surface area contributed by atoms with Gasteiger partial charge in [-0.15, -0.1) is 0 Å². The summed E-state index contributed by atoms with van der Waals surface area (Å²) >= 11 is 0. The van der Waals surface area contributed by atoms with Gasteiger partial charge in [-0.25, -0.2) is 0 Å². The van der Waals surface area contributed by atoms with Crippen molar-refractivity contribution in [2.45, 2.75) is 33.1 Å². The predicted molar refractivity (Wildman–Crippen MR) is 72.1 cm³/mol. The molecule has 0 atom stereocenters. The maximum atomic E-state index is 12.2. The van der Waals surface area contributed by atoms with Crippen LogP contribution in [0.1, 0.15) is 42.1 Å². The first-order chi connectivity index (χ1) is 8.06. The van der Waals surface area contributed by atoms with Crippen molar-refractivity contribution in [2.24, 2.45) is 0 Å². The Morgan fingerprint density at radius 1 is 1.35 bits per heavy atom. The number of hydrogen-bond acceptors (Lipinski definition) is 2. The SMILES string of the molecule is CCCCCN(C)C(=O)c1ccc(N)cc1C. The maximum absolute atomic E-state index is 12.2. The Balaban J connectivity index is 2.68. The summed E-state index contributed by atoms with van der Waals surface area (Å²) in [5.41, 5.74) is 8.07. The average Bonchev–Trinajstić information content (AvgIpc) is 2.28. The molecular weight excluding hydrogens is 212 g/mol. The molecule has 0 aliphatic carbocycles. The smallest absolute Gasteiger partial charge is 0.253 e. The highest BCUT2D eigenvalue weighted by molar-refractivity contribution is 5.95. The van der Waals surface area contributed by atoms with Crippen molar-refractivity contribution in [3.63, 3.8) is 0 Å². The normalized spacial score (nSPS) is 10.3. The number of aryl methyl sites for hydroxylation is 1. The Morgan fingerprint density at radius 3 is 2.65 bits per heavy atom. The molecule has 3 heteroatoms. The molecule has 0 unspecified atom stereocenters. The minimum atomic E-state index is 0.0820. The Bertz CT molecular complexity index is 388. The summed E-state index contributed by atoms with van der Waals surface area (Å²) in [4.78, 5) is 13.9. The van der Waals surface area contributed by atoms with Gasteiger partial charge in [0.25, 0.3) is 5.91 Å². The predicted octanol–water partition coefficient (Wildman–Crippen LogP) is 2.84. The quantitative estimate of drug-likeness (QED) is 0.629. The number of nitrogens with two attached hydrogens (primary N) is 1. The van der Waals surface area contributed by atoms with Crippen molar-refractivity contribution in [1.82, 2.24) is 4.90 Å². The van der Waals surface area contributed by atoms with Crippen LogP contribution >= 0.6 is 0 Å². The summed E-state index contributed by atoms with van der Waals surface area (Å²) in [5, 5.41) is 0. The molecule has 0 aliphatic rings. The molecule has 0 fully saturated rings. The fourth-order valence-corrected chi connectivity index (χ4v) is 1.83. The molecular formula is C14H22N2O. The van der Waals surface area contributed by atoms with E-state index in [1.165, 1.54) is 12.8 Å². The van der Waals surface area contributed by atoms with Gasteiger partial charge in [0.1, 0.15) is 0 Å². The number of amides is 1. The topological polar surface area (TPSA) is 46.3 Å². The molecule has 0 saturated heterocycles. The minimum absolute atomic E-state index is 0.0820. The standard InChI is InChI=1S/C14H22N2O/c1-4-5-6-9-16(3)14(17)13-8-7-12(15)10-11(13)2/h7-8,10H,4-6,9,15H2,1-3H3. The van der Waals surface area contributed by atoms with Gasteiger partial charge in [-0.2, -0.15) is 0 Å². The Labute approximate surface area is 104 Å². The molecule has 1 rings (SSSR count). The highest BCUT2D eigenvalue weighted by Crippen LogP contribution is 2.14. The molecule has 0 radical (unpaired) electrons. The van der Waals surface area contributed by atoms with Crippen LogP contribution in [0.4, 0.5) is 5.69 Å². The molecule has 17 heavy (non-hydrogen) atoms. The lowest BCUT2D eigenvalue weighted by atomic mass is 10.1. The number of carbonyl (C=O) groups excluding carboxylic acids is 1. The van der Waals surface area contributed by atoms with Gasteiger partial charge in [0.15, 0.2) is 0 Å². The number of carbonyl (C=O) groups is 1. The molecule has 1 aromatic carbocycles. The summed E-state index contributed by atoms with van der Waals surface area (Å²) in [6.45, 7) is 4.89. The minimum Gasteiger partial charge on any atom is -0.399 e. The van der Waals surface area contributed by atoms with Crippen LogP contribution in [0.15, 0.2) is 18.2 Å². The van der Waals surface area contributed by atoms with Crippen LogP contribution in [0.25, 0.3) is 0 Å². The largest absolute Gasteiger partial charge is 0.399 e. The second-order valence-corrected chi connectivity index (χ2v) is 4.51. The van der Waals surface area contributed by atoms with E-state index >= 15 is 0 Å². The van der Waals surface area contributed by atoms with Crippen molar-refractivity contribution < 1.29 is 4.79 Å². The van der Waals surface area contributed by atoms with E-state index in [0.717, 1.165) is 24.1 Å². The van der Waals surface area contributed by atoms with Crippen LogP contribution in [0, 0.1) is 6.92 Å². The Morgan fingerprint density at radius 2 is 2.06 bits per heavy atom. The molecule has 94 valence electrons. The number of unbranched alkanes of at least 4 members (excludes halogenated alkanes) is 2. The van der Waals surface area contributed by atoms with Gasteiger partial charge < -0.3 is 10.6 Å². The van der Waals surface area contributed by atoms with Gasteiger partial charge >= 0.3 is 0 Å². The maximum Gasteiger partial charge on any atom is 0.253 e. The first-order valence-corrected chi connectivity index (χ1v) is 6.17. The molecule has 0 heterocycles. The van der Waals surface area contributed by atoms with E-state index in [9.17, 15) is 4.79 Å². The van der Waals surface area contributed by atoms with Gasteiger partial charge in [0, 0.05) is 24.8 Å². The van der Waals surface area contributed by atoms with Gasteiger partial charge in [-0.05, 0) is 37.1 Å². The highest BCUT2D eigenvalue weighted by atomic mass is 16.2. The number of nitrogens with zero attached hydrogens (tertiary/aromatic N) is 1. The monoisotopic (exact) mass is 234 g/mol. The van der Waals surface area contributed by atoms with Crippen molar-refractivity contribution in [3.8, 4) is 0 Å². The number of anilines is 1. The van der Waals surface area contributed by atoms with E-state index < -0.39 is 0 Å². The molecule has 2 N–H and O–H groups in total. The average molecular weight is 234 g/mol. The van der Waals surface area contributed by atoms with Crippen LogP contribution in [0.2, 0.25) is 0 Å². The third-order valence-corrected chi connectivity index (χ3v) is 2.92. The van der Waals surface area contributed by atoms with Crippen LogP contribution in [0.5, 0.6) is 0 Å². The molecule has 1 aromatic rings. The summed E-state index contributed by atoms with van der Waals surface area (Å²) < 4.78 is 0.